The first-order chi connectivity index (χ1) is 8.18. The van der Waals surface area contributed by atoms with Crippen LogP contribution in [0.1, 0.15) is 25.3 Å². The Bertz CT molecular complexity index is 378. The summed E-state index contributed by atoms with van der Waals surface area (Å²) in [6, 6.07) is 2.44. The molecule has 1 unspecified atom stereocenters. The molecular formula is C13H19BrN2O. The molecule has 17 heavy (non-hydrogen) atoms. The Morgan fingerprint density at radius 3 is 2.88 bits per heavy atom. The zero-order valence-electron chi connectivity index (χ0n) is 10.4. The molecule has 1 atom stereocenters. The summed E-state index contributed by atoms with van der Waals surface area (Å²) >= 11 is 3.58. The number of halogens is 1. The van der Waals surface area contributed by atoms with Gasteiger partial charge >= 0.3 is 0 Å². The normalized spacial score (nSPS) is 19.0. The molecule has 0 amide bonds. The van der Waals surface area contributed by atoms with Crippen LogP contribution in [-0.2, 0) is 4.74 Å². The average molecular weight is 299 g/mol. The van der Waals surface area contributed by atoms with Crippen molar-refractivity contribution in [2.45, 2.75) is 32.7 Å². The highest BCUT2D eigenvalue weighted by Gasteiger charge is 2.21. The third kappa shape index (κ3) is 3.19. The summed E-state index contributed by atoms with van der Waals surface area (Å²) in [6.07, 6.45) is 4.12. The molecule has 0 saturated carbocycles. The van der Waals surface area contributed by atoms with Crippen LogP contribution in [0.4, 0.5) is 5.82 Å². The van der Waals surface area contributed by atoms with Gasteiger partial charge in [-0.15, -0.1) is 0 Å². The van der Waals surface area contributed by atoms with Crippen molar-refractivity contribution in [3.8, 4) is 0 Å². The first kappa shape index (κ1) is 12.8. The average Bonchev–Trinajstić information content (AvgIpc) is 2.36. The lowest BCUT2D eigenvalue weighted by Crippen LogP contribution is -2.31. The smallest absolute Gasteiger partial charge is 0.140 e. The molecule has 94 valence electrons. The zero-order chi connectivity index (χ0) is 12.3. The van der Waals surface area contributed by atoms with Crippen LogP contribution >= 0.6 is 15.9 Å². The highest BCUT2D eigenvalue weighted by molar-refractivity contribution is 9.10. The van der Waals surface area contributed by atoms with E-state index in [9.17, 15) is 0 Å². The number of aryl methyl sites for hydroxylation is 1. The van der Waals surface area contributed by atoms with Crippen LogP contribution in [0.3, 0.4) is 0 Å². The van der Waals surface area contributed by atoms with Crippen molar-refractivity contribution in [2.75, 3.05) is 18.5 Å². The number of hydrogen-bond acceptors (Lipinski definition) is 3. The Balaban J connectivity index is 2.01. The third-order valence-electron chi connectivity index (χ3n) is 3.42. The lowest BCUT2D eigenvalue weighted by molar-refractivity contribution is 0.0622. The van der Waals surface area contributed by atoms with E-state index in [2.05, 4.69) is 40.1 Å². The summed E-state index contributed by atoms with van der Waals surface area (Å²) in [6.45, 7) is 6.08. The summed E-state index contributed by atoms with van der Waals surface area (Å²) in [5.41, 5.74) is 1.21. The van der Waals surface area contributed by atoms with Crippen molar-refractivity contribution in [1.82, 2.24) is 4.98 Å². The Labute approximate surface area is 111 Å². The first-order valence-corrected chi connectivity index (χ1v) is 6.93. The number of rotatable bonds is 3. The van der Waals surface area contributed by atoms with E-state index in [1.54, 1.807) is 0 Å². The van der Waals surface area contributed by atoms with Crippen molar-refractivity contribution >= 4 is 21.7 Å². The van der Waals surface area contributed by atoms with Crippen molar-refractivity contribution in [3.05, 3.63) is 22.3 Å². The number of aromatic nitrogens is 1. The van der Waals surface area contributed by atoms with Crippen LogP contribution in [0.15, 0.2) is 16.7 Å². The Hall–Kier alpha value is -0.610. The van der Waals surface area contributed by atoms with Crippen molar-refractivity contribution in [1.29, 1.82) is 0 Å². The highest BCUT2D eigenvalue weighted by atomic mass is 79.9. The summed E-state index contributed by atoms with van der Waals surface area (Å²) in [5.74, 6) is 1.63. The molecule has 0 radical (unpaired) electrons. The van der Waals surface area contributed by atoms with Crippen molar-refractivity contribution in [3.63, 3.8) is 0 Å². The van der Waals surface area contributed by atoms with Gasteiger partial charge in [0.25, 0.3) is 0 Å². The van der Waals surface area contributed by atoms with Crippen LogP contribution in [0, 0.1) is 12.8 Å². The molecule has 0 aliphatic carbocycles. The Morgan fingerprint density at radius 2 is 2.18 bits per heavy atom. The van der Waals surface area contributed by atoms with Crippen LogP contribution in [0.25, 0.3) is 0 Å². The zero-order valence-corrected chi connectivity index (χ0v) is 12.0. The molecule has 1 N–H and O–H groups in total. The number of ether oxygens (including phenoxy) is 1. The van der Waals surface area contributed by atoms with Gasteiger partial charge in [-0.2, -0.15) is 0 Å². The first-order valence-electron chi connectivity index (χ1n) is 6.14. The van der Waals surface area contributed by atoms with E-state index < -0.39 is 0 Å². The van der Waals surface area contributed by atoms with Gasteiger partial charge in [-0.05, 0) is 60.2 Å². The molecule has 1 aliphatic rings. The molecule has 3 nitrogen and oxygen atoms in total. The topological polar surface area (TPSA) is 34.2 Å². The third-order valence-corrected chi connectivity index (χ3v) is 4.42. The monoisotopic (exact) mass is 298 g/mol. The molecule has 2 heterocycles. The van der Waals surface area contributed by atoms with E-state index in [1.165, 1.54) is 5.56 Å². The molecule has 4 heteroatoms. The van der Waals surface area contributed by atoms with Crippen LogP contribution in [-0.4, -0.2) is 24.2 Å². The van der Waals surface area contributed by atoms with E-state index in [0.29, 0.717) is 12.0 Å². The van der Waals surface area contributed by atoms with E-state index in [-0.39, 0.29) is 0 Å². The maximum absolute atomic E-state index is 5.39. The number of nitrogens with zero attached hydrogens (tertiary/aromatic N) is 1. The van der Waals surface area contributed by atoms with Crippen molar-refractivity contribution in [2.24, 2.45) is 5.92 Å². The van der Waals surface area contributed by atoms with Crippen LogP contribution in [0.2, 0.25) is 0 Å². The second kappa shape index (κ2) is 5.83. The minimum Gasteiger partial charge on any atom is -0.381 e. The molecule has 1 aromatic rings. The van der Waals surface area contributed by atoms with Crippen LogP contribution in [0.5, 0.6) is 0 Å². The van der Waals surface area contributed by atoms with E-state index in [4.69, 9.17) is 4.74 Å². The van der Waals surface area contributed by atoms with Gasteiger partial charge < -0.3 is 10.1 Å². The van der Waals surface area contributed by atoms with E-state index in [1.807, 2.05) is 12.3 Å². The Morgan fingerprint density at radius 1 is 1.47 bits per heavy atom. The number of hydrogen-bond donors (Lipinski definition) is 1. The highest BCUT2D eigenvalue weighted by Crippen LogP contribution is 2.27. The number of nitrogens with one attached hydrogen (secondary N) is 1. The van der Waals surface area contributed by atoms with Gasteiger partial charge in [-0.3, -0.25) is 0 Å². The summed E-state index contributed by atoms with van der Waals surface area (Å²) in [7, 11) is 0. The molecule has 0 aromatic carbocycles. The lowest BCUT2D eigenvalue weighted by Gasteiger charge is -2.29. The summed E-state index contributed by atoms with van der Waals surface area (Å²) in [5, 5.41) is 3.51. The largest absolute Gasteiger partial charge is 0.381 e. The maximum atomic E-state index is 5.39. The molecule has 1 aliphatic heterocycles. The van der Waals surface area contributed by atoms with Gasteiger partial charge in [-0.25, -0.2) is 4.98 Å². The van der Waals surface area contributed by atoms with Gasteiger partial charge in [0.2, 0.25) is 0 Å². The van der Waals surface area contributed by atoms with Crippen LogP contribution < -0.4 is 5.32 Å². The molecule has 1 saturated heterocycles. The fourth-order valence-electron chi connectivity index (χ4n) is 2.19. The maximum Gasteiger partial charge on any atom is 0.140 e. The SMILES string of the molecule is Cc1ccnc(NC(C)C2CCOCC2)c1Br. The minimum atomic E-state index is 0.435. The fourth-order valence-corrected chi connectivity index (χ4v) is 2.54. The molecular weight excluding hydrogens is 280 g/mol. The van der Waals surface area contributed by atoms with Gasteiger partial charge in [-0.1, -0.05) is 0 Å². The number of pyridine rings is 1. The van der Waals surface area contributed by atoms with Gasteiger partial charge in [0.1, 0.15) is 5.82 Å². The van der Waals surface area contributed by atoms with E-state index in [0.717, 1.165) is 36.3 Å². The Kier molecular flexibility index (Phi) is 4.40. The second-order valence-electron chi connectivity index (χ2n) is 4.67. The number of anilines is 1. The minimum absolute atomic E-state index is 0.435. The van der Waals surface area contributed by atoms with Gasteiger partial charge in [0.15, 0.2) is 0 Å². The van der Waals surface area contributed by atoms with Gasteiger partial charge in [0.05, 0.1) is 4.47 Å². The summed E-state index contributed by atoms with van der Waals surface area (Å²) in [4.78, 5) is 4.38. The second-order valence-corrected chi connectivity index (χ2v) is 5.47. The molecule has 0 bridgehead atoms. The summed E-state index contributed by atoms with van der Waals surface area (Å²) < 4.78 is 6.46. The predicted octanol–water partition coefficient (Wildman–Crippen LogP) is 3.38. The molecule has 2 rings (SSSR count). The molecule has 0 spiro atoms. The standard InChI is InChI=1S/C13H19BrN2O/c1-9-3-6-15-13(12(9)14)16-10(2)11-4-7-17-8-5-11/h3,6,10-11H,4-5,7-8H2,1-2H3,(H,15,16). The van der Waals surface area contributed by atoms with Gasteiger partial charge in [0, 0.05) is 25.5 Å². The lowest BCUT2D eigenvalue weighted by atomic mass is 9.93. The predicted molar refractivity (Wildman–Crippen MR) is 73.3 cm³/mol. The fraction of sp³-hybridized carbons (Fsp3) is 0.615. The molecule has 1 fully saturated rings. The van der Waals surface area contributed by atoms with E-state index >= 15 is 0 Å². The molecule has 1 aromatic heterocycles. The quantitative estimate of drug-likeness (QED) is 0.929. The van der Waals surface area contributed by atoms with Crippen molar-refractivity contribution < 1.29 is 4.74 Å².